The molecule has 1 aliphatic heterocycles. The van der Waals surface area contributed by atoms with Gasteiger partial charge >= 0.3 is 6.09 Å². The number of hydroxylamine groups is 2. The number of rotatable bonds is 7. The monoisotopic (exact) mass is 440 g/mol. The second kappa shape index (κ2) is 7.69. The maximum absolute atomic E-state index is 13.1. The van der Waals surface area contributed by atoms with Gasteiger partial charge in [0.15, 0.2) is 9.84 Å². The van der Waals surface area contributed by atoms with Crippen molar-refractivity contribution < 1.29 is 33.1 Å². The Morgan fingerprint density at radius 1 is 1.27 bits per heavy atom. The summed E-state index contributed by atoms with van der Waals surface area (Å²) in [6, 6.07) is 5.65. The van der Waals surface area contributed by atoms with E-state index in [-0.39, 0.29) is 22.1 Å². The normalized spacial score (nSPS) is 19.6. The lowest BCUT2D eigenvalue weighted by molar-refractivity contribution is -0.150. The molecule has 1 aliphatic rings. The molecule has 0 spiro atoms. The Hall–Kier alpha value is -2.99. The molecular formula is C18H24N4O7S. The van der Waals surface area contributed by atoms with Gasteiger partial charge in [0.05, 0.1) is 21.6 Å². The van der Waals surface area contributed by atoms with Gasteiger partial charge in [-0.3, -0.25) is 14.8 Å². The van der Waals surface area contributed by atoms with Crippen molar-refractivity contribution >= 4 is 33.5 Å². The maximum Gasteiger partial charge on any atom is 0.431 e. The second-order valence-corrected chi connectivity index (χ2v) is 10.0. The standard InChI is InChI=1S/C18H24N4O7S/c1-17(2,22(27)16(25)26)10-18(3)14(20-21(15(18)24)9-13(19)23)11-5-7-12(8-6-11)30(4,28)29/h5-8,27H,9-10H2,1-4H3,(H2,19,23)(H,25,26). The molecule has 12 heteroatoms. The van der Waals surface area contributed by atoms with Gasteiger partial charge in [0.25, 0.3) is 5.91 Å². The fourth-order valence-corrected chi connectivity index (χ4v) is 4.14. The van der Waals surface area contributed by atoms with Crippen LogP contribution in [0.4, 0.5) is 4.79 Å². The number of nitrogens with two attached hydrogens (primary N) is 1. The Kier molecular flexibility index (Phi) is 5.97. The van der Waals surface area contributed by atoms with Gasteiger partial charge < -0.3 is 10.8 Å². The minimum atomic E-state index is -3.44. The molecule has 1 atom stereocenters. The van der Waals surface area contributed by atoms with E-state index >= 15 is 0 Å². The molecule has 164 valence electrons. The van der Waals surface area contributed by atoms with E-state index in [9.17, 15) is 28.0 Å². The van der Waals surface area contributed by atoms with Crippen LogP contribution >= 0.6 is 0 Å². The first-order valence-corrected chi connectivity index (χ1v) is 10.7. The summed E-state index contributed by atoms with van der Waals surface area (Å²) in [5.41, 5.74) is 2.97. The Balaban J connectivity index is 2.55. The molecule has 1 heterocycles. The highest BCUT2D eigenvalue weighted by Gasteiger charge is 2.52. The van der Waals surface area contributed by atoms with Crippen LogP contribution in [0.15, 0.2) is 34.3 Å². The van der Waals surface area contributed by atoms with Gasteiger partial charge in [0.1, 0.15) is 6.54 Å². The number of carbonyl (C=O) groups is 3. The van der Waals surface area contributed by atoms with Gasteiger partial charge in [-0.1, -0.05) is 12.1 Å². The Morgan fingerprint density at radius 2 is 1.80 bits per heavy atom. The number of amides is 3. The zero-order valence-corrected chi connectivity index (χ0v) is 17.8. The zero-order valence-electron chi connectivity index (χ0n) is 17.0. The number of hydrogen-bond donors (Lipinski definition) is 3. The molecule has 2 rings (SSSR count). The van der Waals surface area contributed by atoms with E-state index in [2.05, 4.69) is 5.10 Å². The number of hydrogen-bond acceptors (Lipinski definition) is 7. The highest BCUT2D eigenvalue weighted by Crippen LogP contribution is 2.40. The van der Waals surface area contributed by atoms with E-state index < -0.39 is 45.2 Å². The zero-order chi connectivity index (χ0) is 23.1. The predicted octanol–water partition coefficient (Wildman–Crippen LogP) is 0.666. The molecule has 0 fully saturated rings. The molecule has 3 amide bonds. The lowest BCUT2D eigenvalue weighted by Crippen LogP contribution is -2.51. The smallest absolute Gasteiger partial charge is 0.431 e. The predicted molar refractivity (Wildman–Crippen MR) is 105 cm³/mol. The topological polar surface area (TPSA) is 171 Å². The average Bonchev–Trinajstić information content (AvgIpc) is 2.84. The van der Waals surface area contributed by atoms with Gasteiger partial charge in [-0.2, -0.15) is 10.2 Å². The van der Waals surface area contributed by atoms with Crippen LogP contribution in [-0.4, -0.2) is 70.8 Å². The van der Waals surface area contributed by atoms with Crippen molar-refractivity contribution in [3.8, 4) is 0 Å². The molecule has 0 bridgehead atoms. The van der Waals surface area contributed by atoms with Crippen LogP contribution in [0.1, 0.15) is 32.8 Å². The van der Waals surface area contributed by atoms with Crippen molar-refractivity contribution in [2.24, 2.45) is 16.3 Å². The van der Waals surface area contributed by atoms with E-state index in [0.717, 1.165) is 11.3 Å². The Bertz CT molecular complexity index is 1020. The first-order valence-electron chi connectivity index (χ1n) is 8.81. The average molecular weight is 440 g/mol. The molecule has 0 aliphatic carbocycles. The summed E-state index contributed by atoms with van der Waals surface area (Å²) in [6.45, 7) is 3.89. The lowest BCUT2D eigenvalue weighted by Gasteiger charge is -2.37. The molecule has 0 saturated carbocycles. The minimum absolute atomic E-state index is 0.0691. The summed E-state index contributed by atoms with van der Waals surface area (Å²) >= 11 is 0. The van der Waals surface area contributed by atoms with Crippen LogP contribution < -0.4 is 5.73 Å². The lowest BCUT2D eigenvalue weighted by atomic mass is 9.72. The largest absolute Gasteiger partial charge is 0.463 e. The van der Waals surface area contributed by atoms with E-state index in [1.165, 1.54) is 45.0 Å². The number of benzene rings is 1. The van der Waals surface area contributed by atoms with Gasteiger partial charge in [0, 0.05) is 6.26 Å². The SMILES string of the molecule is CC1(CC(C)(C)N(O)C(=O)O)C(=O)N(CC(N)=O)N=C1c1ccc(S(C)(=O)=O)cc1. The van der Waals surface area contributed by atoms with Gasteiger partial charge in [-0.05, 0) is 44.9 Å². The third-order valence-electron chi connectivity index (χ3n) is 4.85. The molecule has 1 aromatic rings. The van der Waals surface area contributed by atoms with Crippen LogP contribution in [0, 0.1) is 5.41 Å². The number of sulfone groups is 1. The quantitative estimate of drug-likeness (QED) is 0.413. The summed E-state index contributed by atoms with van der Waals surface area (Å²) in [5.74, 6) is -1.40. The number of hydrazone groups is 1. The van der Waals surface area contributed by atoms with E-state index in [1.807, 2.05) is 0 Å². The Labute approximate surface area is 173 Å². The summed E-state index contributed by atoms with van der Waals surface area (Å²) in [6.07, 6.45) is -0.718. The van der Waals surface area contributed by atoms with Crippen molar-refractivity contribution in [3.63, 3.8) is 0 Å². The van der Waals surface area contributed by atoms with Crippen LogP contribution in [-0.2, 0) is 19.4 Å². The molecular weight excluding hydrogens is 416 g/mol. The van der Waals surface area contributed by atoms with E-state index in [4.69, 9.17) is 10.8 Å². The molecule has 0 saturated heterocycles. The van der Waals surface area contributed by atoms with Crippen molar-refractivity contribution in [2.75, 3.05) is 12.8 Å². The summed E-state index contributed by atoms with van der Waals surface area (Å²) < 4.78 is 23.4. The number of primary amides is 1. The minimum Gasteiger partial charge on any atom is -0.463 e. The summed E-state index contributed by atoms with van der Waals surface area (Å²) in [5, 5.41) is 24.3. The van der Waals surface area contributed by atoms with Crippen molar-refractivity contribution in [1.29, 1.82) is 0 Å². The van der Waals surface area contributed by atoms with Crippen molar-refractivity contribution in [1.82, 2.24) is 10.1 Å². The summed E-state index contributed by atoms with van der Waals surface area (Å²) in [7, 11) is -3.44. The molecule has 1 unspecified atom stereocenters. The van der Waals surface area contributed by atoms with Crippen molar-refractivity contribution in [2.45, 2.75) is 37.6 Å². The molecule has 4 N–H and O–H groups in total. The Morgan fingerprint density at radius 3 is 2.23 bits per heavy atom. The highest BCUT2D eigenvalue weighted by molar-refractivity contribution is 7.90. The summed E-state index contributed by atoms with van der Waals surface area (Å²) in [4.78, 5) is 35.8. The van der Waals surface area contributed by atoms with Crippen LogP contribution in [0.3, 0.4) is 0 Å². The first-order chi connectivity index (χ1) is 13.6. The first kappa shape index (κ1) is 23.3. The number of nitrogens with zero attached hydrogens (tertiary/aromatic N) is 3. The number of carboxylic acid groups (broad SMARTS) is 1. The number of carbonyl (C=O) groups excluding carboxylic acids is 2. The molecule has 30 heavy (non-hydrogen) atoms. The van der Waals surface area contributed by atoms with Gasteiger partial charge in [-0.25, -0.2) is 18.2 Å². The van der Waals surface area contributed by atoms with Gasteiger partial charge in [0.2, 0.25) is 5.91 Å². The van der Waals surface area contributed by atoms with Crippen LogP contribution in [0.25, 0.3) is 0 Å². The molecule has 0 radical (unpaired) electrons. The van der Waals surface area contributed by atoms with Gasteiger partial charge in [-0.15, -0.1) is 0 Å². The van der Waals surface area contributed by atoms with Crippen LogP contribution in [0.2, 0.25) is 0 Å². The molecule has 0 aromatic heterocycles. The van der Waals surface area contributed by atoms with E-state index in [0.29, 0.717) is 5.56 Å². The fraction of sp³-hybridized carbons (Fsp3) is 0.444. The van der Waals surface area contributed by atoms with Crippen molar-refractivity contribution in [3.05, 3.63) is 29.8 Å². The third-order valence-corrected chi connectivity index (χ3v) is 5.98. The van der Waals surface area contributed by atoms with E-state index in [1.54, 1.807) is 0 Å². The molecule has 11 nitrogen and oxygen atoms in total. The maximum atomic E-state index is 13.1. The highest BCUT2D eigenvalue weighted by atomic mass is 32.2. The second-order valence-electron chi connectivity index (χ2n) is 7.99. The third kappa shape index (κ3) is 4.44. The molecule has 1 aromatic carbocycles. The fourth-order valence-electron chi connectivity index (χ4n) is 3.51. The van der Waals surface area contributed by atoms with Crippen LogP contribution in [0.5, 0.6) is 0 Å².